The van der Waals surface area contributed by atoms with Gasteiger partial charge in [-0.3, -0.25) is 14.9 Å². The highest BCUT2D eigenvalue weighted by Gasteiger charge is 2.29. The van der Waals surface area contributed by atoms with Crippen molar-refractivity contribution >= 4 is 17.4 Å². The van der Waals surface area contributed by atoms with Crippen molar-refractivity contribution < 1.29 is 28.7 Å². The van der Waals surface area contributed by atoms with E-state index in [1.54, 1.807) is 12.1 Å². The molecule has 8 nitrogen and oxygen atoms in total. The fourth-order valence-corrected chi connectivity index (χ4v) is 3.84. The van der Waals surface area contributed by atoms with E-state index >= 15 is 0 Å². The van der Waals surface area contributed by atoms with Crippen LogP contribution in [-0.4, -0.2) is 30.1 Å². The lowest BCUT2D eigenvalue weighted by Crippen LogP contribution is -2.15. The third kappa shape index (κ3) is 3.28. The Morgan fingerprint density at radius 1 is 0.968 bits per heavy atom. The summed E-state index contributed by atoms with van der Waals surface area (Å²) < 4.78 is 15.4. The van der Waals surface area contributed by atoms with Crippen LogP contribution in [0, 0.1) is 10.1 Å². The molecule has 8 heteroatoms. The Balaban J connectivity index is 1.34. The summed E-state index contributed by atoms with van der Waals surface area (Å²) in [6, 6.07) is 15.7. The Morgan fingerprint density at radius 2 is 1.71 bits per heavy atom. The molecule has 0 fully saturated rings. The number of hydrogen-bond acceptors (Lipinski definition) is 7. The van der Waals surface area contributed by atoms with Crippen LogP contribution in [-0.2, 0) is 11.2 Å². The van der Waals surface area contributed by atoms with Crippen LogP contribution in [0.3, 0.4) is 0 Å². The lowest BCUT2D eigenvalue weighted by molar-refractivity contribution is -0.385. The lowest BCUT2D eigenvalue weighted by Gasteiger charge is -2.08. The second-order valence-corrected chi connectivity index (χ2v) is 7.18. The number of rotatable bonds is 5. The summed E-state index contributed by atoms with van der Waals surface area (Å²) in [6.07, 6.45) is 0.808. The molecule has 0 saturated carbocycles. The predicted octanol–water partition coefficient (Wildman–Crippen LogP) is 3.93. The number of carbonyl (C=O) groups excluding carboxylic acids is 2. The van der Waals surface area contributed by atoms with Crippen LogP contribution in [0.25, 0.3) is 11.1 Å². The number of hydrogen-bond donors (Lipinski definition) is 0. The number of ketones is 1. The molecule has 31 heavy (non-hydrogen) atoms. The van der Waals surface area contributed by atoms with E-state index in [1.807, 2.05) is 24.3 Å². The van der Waals surface area contributed by atoms with Crippen molar-refractivity contribution in [2.24, 2.45) is 0 Å². The highest BCUT2D eigenvalue weighted by Crippen LogP contribution is 2.39. The second-order valence-electron chi connectivity index (χ2n) is 7.18. The minimum atomic E-state index is -0.982. The smallest absolute Gasteiger partial charge is 0.345 e. The summed E-state index contributed by atoms with van der Waals surface area (Å²) >= 11 is 0. The molecule has 2 aliphatic rings. The Kier molecular flexibility index (Phi) is 4.39. The summed E-state index contributed by atoms with van der Waals surface area (Å²) in [7, 11) is 0. The first kappa shape index (κ1) is 18.8. The number of nitro groups is 1. The fraction of sp³-hybridized carbons (Fsp3) is 0.130. The summed E-state index contributed by atoms with van der Waals surface area (Å²) in [5, 5.41) is 11.3. The number of nitrogens with zero attached hydrogens (tertiary/aromatic N) is 1. The second kappa shape index (κ2) is 7.24. The quantitative estimate of drug-likeness (QED) is 0.210. The number of carbonyl (C=O) groups is 2. The number of esters is 1. The minimum absolute atomic E-state index is 0.0923. The van der Waals surface area contributed by atoms with Gasteiger partial charge in [0.25, 0.3) is 5.69 Å². The van der Waals surface area contributed by atoms with E-state index in [1.165, 1.54) is 11.6 Å². The van der Waals surface area contributed by atoms with Gasteiger partial charge < -0.3 is 14.2 Å². The highest BCUT2D eigenvalue weighted by atomic mass is 16.7. The highest BCUT2D eigenvalue weighted by molar-refractivity contribution is 6.01. The summed E-state index contributed by atoms with van der Waals surface area (Å²) in [5.74, 6) is -0.993. The average Bonchev–Trinajstić information content (AvgIpc) is 3.39. The van der Waals surface area contributed by atoms with Crippen LogP contribution in [0.5, 0.6) is 11.5 Å². The average molecular weight is 417 g/mol. The van der Waals surface area contributed by atoms with Crippen LogP contribution in [0.4, 0.5) is 5.69 Å². The third-order valence-corrected chi connectivity index (χ3v) is 5.36. The fourth-order valence-electron chi connectivity index (χ4n) is 3.84. The minimum Gasteiger partial charge on any atom is -0.454 e. The van der Waals surface area contributed by atoms with E-state index in [4.69, 9.17) is 14.2 Å². The zero-order valence-corrected chi connectivity index (χ0v) is 16.1. The lowest BCUT2D eigenvalue weighted by atomic mass is 10.0. The van der Waals surface area contributed by atoms with Crippen LogP contribution in [0.15, 0.2) is 54.6 Å². The standard InChI is InChI=1S/C23H15NO7/c25-20(15-6-5-14-7-13-3-1-2-4-16(13)17(14)8-15)11-29-23(26)18-9-21-22(31-12-30-21)10-19(18)24(27)28/h1-6,8-10H,7,11-12H2. The van der Waals surface area contributed by atoms with Crippen molar-refractivity contribution in [3.8, 4) is 22.6 Å². The maximum atomic E-state index is 12.6. The molecule has 0 bridgehead atoms. The largest absolute Gasteiger partial charge is 0.454 e. The molecule has 0 N–H and O–H groups in total. The van der Waals surface area contributed by atoms with Gasteiger partial charge >= 0.3 is 5.97 Å². The van der Waals surface area contributed by atoms with Crippen molar-refractivity contribution in [1.29, 1.82) is 0 Å². The van der Waals surface area contributed by atoms with Crippen LogP contribution >= 0.6 is 0 Å². The molecule has 1 heterocycles. The molecule has 0 amide bonds. The number of benzene rings is 3. The molecule has 0 aromatic heterocycles. The van der Waals surface area contributed by atoms with Crippen LogP contribution < -0.4 is 9.47 Å². The van der Waals surface area contributed by atoms with E-state index in [2.05, 4.69) is 6.07 Å². The van der Waals surface area contributed by atoms with Crippen molar-refractivity contribution in [2.45, 2.75) is 6.42 Å². The summed E-state index contributed by atoms with van der Waals surface area (Å²) in [6.45, 7) is -0.629. The van der Waals surface area contributed by atoms with Crippen LogP contribution in [0.1, 0.15) is 31.8 Å². The van der Waals surface area contributed by atoms with Crippen molar-refractivity contribution in [3.05, 3.63) is 87.0 Å². The molecule has 0 saturated heterocycles. The SMILES string of the molecule is O=C(COC(=O)c1cc2c(cc1[N+](=O)[O-])OCO2)c1ccc2c(c1)-c1ccccc1C2. The maximum absolute atomic E-state index is 12.6. The Hall–Kier alpha value is -4.20. The van der Waals surface area contributed by atoms with Gasteiger partial charge in [0.15, 0.2) is 23.9 Å². The van der Waals surface area contributed by atoms with Crippen molar-refractivity contribution in [1.82, 2.24) is 0 Å². The normalized spacial score (nSPS) is 12.8. The first-order valence-corrected chi connectivity index (χ1v) is 9.51. The molecule has 0 radical (unpaired) electrons. The van der Waals surface area contributed by atoms with Crippen molar-refractivity contribution in [3.63, 3.8) is 0 Å². The molecular formula is C23H15NO7. The zero-order chi connectivity index (χ0) is 21.5. The topological polar surface area (TPSA) is 105 Å². The first-order valence-electron chi connectivity index (χ1n) is 9.51. The Labute approximate surface area is 176 Å². The third-order valence-electron chi connectivity index (χ3n) is 5.36. The van der Waals surface area contributed by atoms with Gasteiger partial charge in [-0.05, 0) is 34.7 Å². The van der Waals surface area contributed by atoms with E-state index in [9.17, 15) is 19.7 Å². The Bertz CT molecular complexity index is 1260. The summed E-state index contributed by atoms with van der Waals surface area (Å²) in [4.78, 5) is 35.7. The summed E-state index contributed by atoms with van der Waals surface area (Å²) in [5.41, 5.74) is 4.03. The number of nitro benzene ring substituents is 1. The van der Waals surface area contributed by atoms with Gasteiger partial charge in [-0.15, -0.1) is 0 Å². The van der Waals surface area contributed by atoms with Gasteiger partial charge in [0.2, 0.25) is 6.79 Å². The molecule has 0 unspecified atom stereocenters. The number of ether oxygens (including phenoxy) is 3. The maximum Gasteiger partial charge on any atom is 0.345 e. The monoisotopic (exact) mass is 417 g/mol. The van der Waals surface area contributed by atoms with E-state index in [0.29, 0.717) is 5.56 Å². The molecule has 1 aliphatic carbocycles. The van der Waals surface area contributed by atoms with Crippen molar-refractivity contribution in [2.75, 3.05) is 13.4 Å². The molecule has 3 aromatic rings. The van der Waals surface area contributed by atoms with Gasteiger partial charge in [-0.25, -0.2) is 4.79 Å². The molecule has 1 aliphatic heterocycles. The van der Waals surface area contributed by atoms with E-state index in [-0.39, 0.29) is 23.9 Å². The molecular weight excluding hydrogens is 402 g/mol. The predicted molar refractivity (Wildman–Crippen MR) is 109 cm³/mol. The molecule has 3 aromatic carbocycles. The van der Waals surface area contributed by atoms with E-state index < -0.39 is 29.0 Å². The van der Waals surface area contributed by atoms with Gasteiger partial charge in [0, 0.05) is 11.6 Å². The van der Waals surface area contributed by atoms with E-state index in [0.717, 1.165) is 29.2 Å². The number of Topliss-reactive ketones (excluding diaryl/α,β-unsaturated/α-hetero) is 1. The van der Waals surface area contributed by atoms with Gasteiger partial charge in [-0.2, -0.15) is 0 Å². The van der Waals surface area contributed by atoms with Gasteiger partial charge in [0.1, 0.15) is 5.56 Å². The van der Waals surface area contributed by atoms with Gasteiger partial charge in [-0.1, -0.05) is 36.4 Å². The molecule has 0 spiro atoms. The molecule has 0 atom stereocenters. The van der Waals surface area contributed by atoms with Crippen LogP contribution in [0.2, 0.25) is 0 Å². The zero-order valence-electron chi connectivity index (χ0n) is 16.1. The Morgan fingerprint density at radius 3 is 2.52 bits per heavy atom. The number of fused-ring (bicyclic) bond motifs is 4. The first-order chi connectivity index (χ1) is 15.0. The molecule has 5 rings (SSSR count). The van der Waals surface area contributed by atoms with Gasteiger partial charge in [0.05, 0.1) is 11.0 Å². The molecule has 154 valence electrons.